The van der Waals surface area contributed by atoms with Crippen molar-refractivity contribution >= 4 is 5.91 Å². The molecule has 1 aromatic carbocycles. The Balaban J connectivity index is 2.03. The van der Waals surface area contributed by atoms with E-state index in [-0.39, 0.29) is 17.9 Å². The highest BCUT2D eigenvalue weighted by atomic mass is 16.5. The number of nitrogens with one attached hydrogen (secondary N) is 1. The van der Waals surface area contributed by atoms with Gasteiger partial charge in [0.2, 0.25) is 5.91 Å². The Morgan fingerprint density at radius 1 is 1.07 bits per heavy atom. The normalized spacial score (nSPS) is 16.4. The number of carbonyl (C=O) groups excluding carboxylic acids is 1. The van der Waals surface area contributed by atoms with Crippen LogP contribution >= 0.6 is 0 Å². The van der Waals surface area contributed by atoms with E-state index in [1.165, 1.54) is 32.1 Å². The molecule has 1 aliphatic rings. The van der Waals surface area contributed by atoms with Gasteiger partial charge >= 0.3 is 0 Å². The van der Waals surface area contributed by atoms with Gasteiger partial charge in [0.15, 0.2) is 11.5 Å². The van der Waals surface area contributed by atoms with E-state index < -0.39 is 0 Å². The van der Waals surface area contributed by atoms with E-state index in [2.05, 4.69) is 30.1 Å². The largest absolute Gasteiger partial charge is 0.493 e. The summed E-state index contributed by atoms with van der Waals surface area (Å²) in [5, 5.41) is 3.35. The van der Waals surface area contributed by atoms with Gasteiger partial charge in [-0.05, 0) is 50.0 Å². The van der Waals surface area contributed by atoms with Crippen molar-refractivity contribution in [3.05, 3.63) is 23.8 Å². The van der Waals surface area contributed by atoms with Crippen LogP contribution in [0.3, 0.4) is 0 Å². The Hall–Kier alpha value is -1.75. The number of rotatable bonds is 13. The molecule has 0 radical (unpaired) electrons. The number of ether oxygens (including phenoxy) is 2. The molecule has 0 aliphatic carbocycles. The molecule has 1 heterocycles. The monoisotopic (exact) mass is 404 g/mol. The van der Waals surface area contributed by atoms with Crippen molar-refractivity contribution in [1.82, 2.24) is 10.2 Å². The second-order valence-electron chi connectivity index (χ2n) is 8.25. The van der Waals surface area contributed by atoms with Gasteiger partial charge in [0.25, 0.3) is 0 Å². The fourth-order valence-corrected chi connectivity index (χ4v) is 4.11. The second-order valence-corrected chi connectivity index (χ2v) is 8.25. The van der Waals surface area contributed by atoms with Crippen LogP contribution < -0.4 is 14.8 Å². The number of benzene rings is 1. The van der Waals surface area contributed by atoms with Gasteiger partial charge in [0.1, 0.15) is 0 Å². The third-order valence-electron chi connectivity index (χ3n) is 6.04. The van der Waals surface area contributed by atoms with E-state index >= 15 is 0 Å². The number of hydrogen-bond donors (Lipinski definition) is 1. The predicted molar refractivity (Wildman–Crippen MR) is 119 cm³/mol. The summed E-state index contributed by atoms with van der Waals surface area (Å²) in [5.41, 5.74) is 1.16. The van der Waals surface area contributed by atoms with Crippen LogP contribution in [0.2, 0.25) is 0 Å². The van der Waals surface area contributed by atoms with E-state index in [0.717, 1.165) is 49.5 Å². The van der Waals surface area contributed by atoms with Crippen molar-refractivity contribution in [2.75, 3.05) is 33.9 Å². The molecule has 1 amide bonds. The lowest BCUT2D eigenvalue weighted by Gasteiger charge is -2.30. The number of hydrogen-bond acceptors (Lipinski definition) is 4. The van der Waals surface area contributed by atoms with Gasteiger partial charge < -0.3 is 19.7 Å². The Morgan fingerprint density at radius 3 is 2.41 bits per heavy atom. The summed E-state index contributed by atoms with van der Waals surface area (Å²) in [6, 6.07) is 6.17. The zero-order chi connectivity index (χ0) is 21.1. The topological polar surface area (TPSA) is 50.8 Å². The molecule has 0 spiro atoms. The van der Waals surface area contributed by atoms with Crippen molar-refractivity contribution in [2.45, 2.75) is 77.2 Å². The van der Waals surface area contributed by atoms with Crippen molar-refractivity contribution in [2.24, 2.45) is 0 Å². The fourth-order valence-electron chi connectivity index (χ4n) is 4.11. The number of likely N-dealkylation sites (tertiary alicyclic amines) is 1. The molecule has 1 fully saturated rings. The van der Waals surface area contributed by atoms with Crippen molar-refractivity contribution < 1.29 is 14.3 Å². The summed E-state index contributed by atoms with van der Waals surface area (Å²) in [5.74, 6) is 1.84. The highest BCUT2D eigenvalue weighted by Gasteiger charge is 2.25. The Morgan fingerprint density at radius 2 is 1.76 bits per heavy atom. The molecule has 1 saturated heterocycles. The maximum atomic E-state index is 12.6. The van der Waals surface area contributed by atoms with Crippen LogP contribution in [-0.4, -0.2) is 50.7 Å². The Labute approximate surface area is 177 Å². The average Bonchev–Trinajstić information content (AvgIpc) is 3.25. The van der Waals surface area contributed by atoms with Gasteiger partial charge in [-0.1, -0.05) is 45.6 Å². The summed E-state index contributed by atoms with van der Waals surface area (Å²) in [7, 11) is 3.31. The molecule has 29 heavy (non-hydrogen) atoms. The number of carbonyl (C=O) groups is 1. The molecule has 1 N–H and O–H groups in total. The van der Waals surface area contributed by atoms with Gasteiger partial charge in [-0.3, -0.25) is 4.79 Å². The van der Waals surface area contributed by atoms with Crippen LogP contribution in [0.1, 0.15) is 76.7 Å². The minimum atomic E-state index is 0.0920. The standard InChI is InChI=1S/C24H40N2O3/c1-5-6-7-8-9-12-24(27)25-21(18-26-15-10-11-16-26)19(2)20-13-14-22(28-3)23(17-20)29-4/h13-14,17,19,21H,5-12,15-16,18H2,1-4H3,(H,25,27). The van der Waals surface area contributed by atoms with Crippen LogP contribution in [0.5, 0.6) is 11.5 Å². The van der Waals surface area contributed by atoms with E-state index in [4.69, 9.17) is 9.47 Å². The average molecular weight is 405 g/mol. The van der Waals surface area contributed by atoms with E-state index in [1.54, 1.807) is 14.2 Å². The summed E-state index contributed by atoms with van der Waals surface area (Å²) in [6.07, 6.45) is 8.96. The molecule has 2 atom stereocenters. The van der Waals surface area contributed by atoms with Gasteiger partial charge in [-0.25, -0.2) is 0 Å². The third-order valence-corrected chi connectivity index (χ3v) is 6.04. The Bertz CT molecular complexity index is 614. The maximum absolute atomic E-state index is 12.6. The molecule has 5 nitrogen and oxygen atoms in total. The molecule has 0 bridgehead atoms. The van der Waals surface area contributed by atoms with Gasteiger partial charge in [-0.2, -0.15) is 0 Å². The lowest BCUT2D eigenvalue weighted by Crippen LogP contribution is -2.46. The first-order chi connectivity index (χ1) is 14.1. The van der Waals surface area contributed by atoms with Crippen LogP contribution in [-0.2, 0) is 4.79 Å². The lowest BCUT2D eigenvalue weighted by atomic mass is 9.92. The first-order valence-electron chi connectivity index (χ1n) is 11.3. The fraction of sp³-hybridized carbons (Fsp3) is 0.708. The summed E-state index contributed by atoms with van der Waals surface area (Å²) < 4.78 is 10.9. The first-order valence-corrected chi connectivity index (χ1v) is 11.3. The Kier molecular flexibility index (Phi) is 10.3. The number of unbranched alkanes of at least 4 members (excludes halogenated alkanes) is 4. The molecule has 1 aliphatic heterocycles. The minimum absolute atomic E-state index is 0.0920. The number of nitrogens with zero attached hydrogens (tertiary/aromatic N) is 1. The number of methoxy groups -OCH3 is 2. The van der Waals surface area contributed by atoms with Gasteiger partial charge in [-0.15, -0.1) is 0 Å². The zero-order valence-electron chi connectivity index (χ0n) is 18.8. The molecule has 0 saturated carbocycles. The molecule has 164 valence electrons. The zero-order valence-corrected chi connectivity index (χ0v) is 18.8. The molecule has 5 heteroatoms. The maximum Gasteiger partial charge on any atom is 0.220 e. The van der Waals surface area contributed by atoms with Crippen LogP contribution in [0, 0.1) is 0 Å². The molecule has 2 rings (SSSR count). The van der Waals surface area contributed by atoms with E-state index in [0.29, 0.717) is 6.42 Å². The summed E-state index contributed by atoms with van der Waals surface area (Å²) in [6.45, 7) is 7.57. The minimum Gasteiger partial charge on any atom is -0.493 e. The van der Waals surface area contributed by atoms with Crippen molar-refractivity contribution in [3.63, 3.8) is 0 Å². The van der Waals surface area contributed by atoms with Gasteiger partial charge in [0, 0.05) is 24.9 Å². The van der Waals surface area contributed by atoms with Crippen LogP contribution in [0.4, 0.5) is 0 Å². The van der Waals surface area contributed by atoms with Crippen molar-refractivity contribution in [1.29, 1.82) is 0 Å². The molecule has 2 unspecified atom stereocenters. The molecule has 1 aromatic rings. The lowest BCUT2D eigenvalue weighted by molar-refractivity contribution is -0.122. The highest BCUT2D eigenvalue weighted by molar-refractivity contribution is 5.76. The SMILES string of the molecule is CCCCCCCC(=O)NC(CN1CCCC1)C(C)c1ccc(OC)c(OC)c1. The van der Waals surface area contributed by atoms with Crippen LogP contribution in [0.25, 0.3) is 0 Å². The first kappa shape index (κ1) is 23.5. The number of amides is 1. The van der Waals surface area contributed by atoms with Gasteiger partial charge in [0.05, 0.1) is 14.2 Å². The van der Waals surface area contributed by atoms with E-state index in [9.17, 15) is 4.79 Å². The highest BCUT2D eigenvalue weighted by Crippen LogP contribution is 2.32. The molecular formula is C24H40N2O3. The van der Waals surface area contributed by atoms with Crippen LogP contribution in [0.15, 0.2) is 18.2 Å². The molecule has 0 aromatic heterocycles. The molecular weight excluding hydrogens is 364 g/mol. The quantitative estimate of drug-likeness (QED) is 0.482. The summed E-state index contributed by atoms with van der Waals surface area (Å²) >= 11 is 0. The van der Waals surface area contributed by atoms with Crippen molar-refractivity contribution in [3.8, 4) is 11.5 Å². The van der Waals surface area contributed by atoms with E-state index in [1.807, 2.05) is 12.1 Å². The summed E-state index contributed by atoms with van der Waals surface area (Å²) in [4.78, 5) is 15.1. The third kappa shape index (κ3) is 7.54. The predicted octanol–water partition coefficient (Wildman–Crippen LogP) is 4.75. The second kappa shape index (κ2) is 12.7. The smallest absolute Gasteiger partial charge is 0.220 e.